The summed E-state index contributed by atoms with van der Waals surface area (Å²) in [6.07, 6.45) is -7.17. The maximum absolute atomic E-state index is 13.5. The molecule has 0 radical (unpaired) electrons. The van der Waals surface area contributed by atoms with Crippen molar-refractivity contribution < 1.29 is 44.1 Å². The minimum Gasteiger partial charge on any atom is -0.353 e. The van der Waals surface area contributed by atoms with Gasteiger partial charge in [0.05, 0.1) is 16.4 Å². The number of methoxy groups -OCH3 is 1. The van der Waals surface area contributed by atoms with Crippen LogP contribution < -0.4 is 0 Å². The Hall–Kier alpha value is -2.68. The van der Waals surface area contributed by atoms with Gasteiger partial charge in [-0.25, -0.2) is 0 Å². The van der Waals surface area contributed by atoms with Crippen LogP contribution in [-0.4, -0.2) is 61.3 Å². The molecule has 4 unspecified atom stereocenters. The molecule has 0 N–H and O–H groups in total. The molecule has 2 aliphatic heterocycles. The van der Waals surface area contributed by atoms with Crippen molar-refractivity contribution in [2.75, 3.05) is 13.7 Å². The molecule has 0 spiro atoms. The fourth-order valence-corrected chi connectivity index (χ4v) is 6.71. The number of hydrogen-bond acceptors (Lipinski definition) is 10. The Morgan fingerprint density at radius 2 is 1.23 bits per heavy atom. The topological polar surface area (TPSA) is 124 Å². The molecule has 214 valence electrons. The van der Waals surface area contributed by atoms with Gasteiger partial charge < -0.3 is 18.9 Å². The van der Waals surface area contributed by atoms with Crippen molar-refractivity contribution >= 4 is 20.2 Å². The van der Waals surface area contributed by atoms with Gasteiger partial charge >= 0.3 is 0 Å². The van der Waals surface area contributed by atoms with Crippen LogP contribution in [0.3, 0.4) is 0 Å². The third kappa shape index (κ3) is 6.14. The van der Waals surface area contributed by atoms with Gasteiger partial charge in [0.2, 0.25) is 0 Å². The van der Waals surface area contributed by atoms with Crippen LogP contribution >= 0.6 is 0 Å². The fraction of sp³-hybridized carbons (Fsp3) is 0.357. The largest absolute Gasteiger partial charge is 0.353 e. The summed E-state index contributed by atoms with van der Waals surface area (Å²) in [6.45, 7) is 3.65. The van der Waals surface area contributed by atoms with Crippen molar-refractivity contribution in [1.29, 1.82) is 0 Å². The van der Waals surface area contributed by atoms with Gasteiger partial charge in [-0.15, -0.1) is 0 Å². The van der Waals surface area contributed by atoms with E-state index in [-0.39, 0.29) is 16.4 Å². The second-order valence-electron chi connectivity index (χ2n) is 9.61. The van der Waals surface area contributed by atoms with Gasteiger partial charge in [-0.2, -0.15) is 16.8 Å². The highest BCUT2D eigenvalue weighted by molar-refractivity contribution is 7.87. The average molecular weight is 591 g/mol. The Bertz CT molecular complexity index is 1510. The highest BCUT2D eigenvalue weighted by Crippen LogP contribution is 2.38. The maximum Gasteiger partial charge on any atom is 0.297 e. The summed E-state index contributed by atoms with van der Waals surface area (Å²) in [4.78, 5) is -0.229. The lowest BCUT2D eigenvalue weighted by atomic mass is 9.98. The molecule has 12 heteroatoms. The summed E-state index contributed by atoms with van der Waals surface area (Å²) in [5.74, 6) is 0. The first-order valence-electron chi connectivity index (χ1n) is 12.6. The van der Waals surface area contributed by atoms with E-state index in [1.165, 1.54) is 31.4 Å². The number of aryl methyl sites for hydroxylation is 2. The van der Waals surface area contributed by atoms with Gasteiger partial charge in [-0.3, -0.25) is 8.37 Å². The van der Waals surface area contributed by atoms with E-state index in [0.29, 0.717) is 5.56 Å². The maximum atomic E-state index is 13.5. The third-order valence-corrected chi connectivity index (χ3v) is 9.33. The zero-order valence-electron chi connectivity index (χ0n) is 22.1. The standard InChI is InChI=1S/C28H30O10S2/c1-18-9-13-21(14-10-18)39(29,30)37-25-24-23(17-34-27(36-24)20-7-5-4-6-8-20)35-28(33-3)26(25)38-40(31,32)22-15-11-19(2)12-16-22/h4-16,23-28H,17H2,1-3H3/t23?,24-,25?,26?,27?,28+/m1/s1. The van der Waals surface area contributed by atoms with E-state index in [1.54, 1.807) is 36.4 Å². The highest BCUT2D eigenvalue weighted by atomic mass is 32.2. The number of hydrogen-bond donors (Lipinski definition) is 0. The molecule has 2 aliphatic rings. The molecule has 5 rings (SSSR count). The molecule has 10 nitrogen and oxygen atoms in total. The molecular weight excluding hydrogens is 560 g/mol. The molecule has 0 aromatic heterocycles. The first kappa shape index (κ1) is 28.8. The van der Waals surface area contributed by atoms with Gasteiger partial charge in [0.25, 0.3) is 20.2 Å². The third-order valence-electron chi connectivity index (χ3n) is 6.68. The zero-order valence-corrected chi connectivity index (χ0v) is 23.7. The second kappa shape index (κ2) is 11.7. The second-order valence-corrected chi connectivity index (χ2v) is 12.8. The lowest BCUT2D eigenvalue weighted by molar-refractivity contribution is -0.351. The SMILES string of the molecule is CO[C@H]1OC2COC(c3ccccc3)O[C@H]2C(OS(=O)(=O)c2ccc(C)cc2)C1OS(=O)(=O)c1ccc(C)cc1. The minimum atomic E-state index is -4.41. The average Bonchev–Trinajstić information content (AvgIpc) is 2.94. The zero-order chi connectivity index (χ0) is 28.5. The summed E-state index contributed by atoms with van der Waals surface area (Å²) in [7, 11) is -7.52. The van der Waals surface area contributed by atoms with Gasteiger partial charge in [0, 0.05) is 12.7 Å². The number of benzene rings is 3. The van der Waals surface area contributed by atoms with E-state index >= 15 is 0 Å². The van der Waals surface area contributed by atoms with E-state index in [4.69, 9.17) is 27.3 Å². The molecule has 0 bridgehead atoms. The smallest absolute Gasteiger partial charge is 0.297 e. The molecule has 0 amide bonds. The first-order chi connectivity index (χ1) is 19.1. The monoisotopic (exact) mass is 590 g/mol. The number of rotatable bonds is 8. The van der Waals surface area contributed by atoms with E-state index in [2.05, 4.69) is 0 Å². The van der Waals surface area contributed by atoms with Crippen LogP contribution in [0.2, 0.25) is 0 Å². The van der Waals surface area contributed by atoms with Gasteiger partial charge in [0.15, 0.2) is 18.7 Å². The van der Waals surface area contributed by atoms with Gasteiger partial charge in [0.1, 0.15) is 18.3 Å². The first-order valence-corrected chi connectivity index (χ1v) is 15.4. The van der Waals surface area contributed by atoms with Crippen molar-refractivity contribution in [3.05, 3.63) is 95.6 Å². The van der Waals surface area contributed by atoms with Crippen molar-refractivity contribution in [2.45, 2.75) is 60.6 Å². The van der Waals surface area contributed by atoms with E-state index in [0.717, 1.165) is 11.1 Å². The molecular formula is C28H30O10S2. The predicted molar refractivity (Wildman–Crippen MR) is 142 cm³/mol. The summed E-state index contributed by atoms with van der Waals surface area (Å²) in [6, 6.07) is 21.2. The molecule has 2 heterocycles. The lowest BCUT2D eigenvalue weighted by Gasteiger charge is -2.47. The van der Waals surface area contributed by atoms with E-state index in [1.807, 2.05) is 32.0 Å². The lowest BCUT2D eigenvalue weighted by Crippen LogP contribution is -2.64. The van der Waals surface area contributed by atoms with Crippen LogP contribution in [0.4, 0.5) is 0 Å². The van der Waals surface area contributed by atoms with Gasteiger partial charge in [-0.1, -0.05) is 65.7 Å². The molecule has 2 saturated heterocycles. The van der Waals surface area contributed by atoms with Crippen LogP contribution in [-0.2, 0) is 47.5 Å². The predicted octanol–water partition coefficient (Wildman–Crippen LogP) is 3.64. The normalized spacial score (nSPS) is 27.2. The van der Waals surface area contributed by atoms with E-state index < -0.39 is 57.2 Å². The summed E-state index contributed by atoms with van der Waals surface area (Å²) >= 11 is 0. The van der Waals surface area contributed by atoms with Crippen LogP contribution in [0.25, 0.3) is 0 Å². The van der Waals surface area contributed by atoms with Crippen LogP contribution in [0.15, 0.2) is 88.7 Å². The minimum absolute atomic E-state index is 0.00591. The van der Waals surface area contributed by atoms with Crippen molar-refractivity contribution in [1.82, 2.24) is 0 Å². The Morgan fingerprint density at radius 1 is 0.700 bits per heavy atom. The molecule has 3 aromatic rings. The van der Waals surface area contributed by atoms with Crippen LogP contribution in [0, 0.1) is 13.8 Å². The summed E-state index contributed by atoms with van der Waals surface area (Å²) < 4.78 is 88.4. The molecule has 3 aromatic carbocycles. The highest BCUT2D eigenvalue weighted by Gasteiger charge is 2.54. The molecule has 0 saturated carbocycles. The Balaban J connectivity index is 1.53. The van der Waals surface area contributed by atoms with E-state index in [9.17, 15) is 16.8 Å². The molecule has 0 aliphatic carbocycles. The Morgan fingerprint density at radius 3 is 1.75 bits per heavy atom. The summed E-state index contributed by atoms with van der Waals surface area (Å²) in [5, 5.41) is 0. The number of fused-ring (bicyclic) bond motifs is 1. The fourth-order valence-electron chi connectivity index (χ4n) is 4.54. The van der Waals surface area contributed by atoms with Crippen molar-refractivity contribution in [3.63, 3.8) is 0 Å². The van der Waals surface area contributed by atoms with Gasteiger partial charge in [-0.05, 0) is 38.1 Å². The number of ether oxygens (including phenoxy) is 4. The summed E-state index contributed by atoms with van der Waals surface area (Å²) in [5.41, 5.74) is 2.39. The quantitative estimate of drug-likeness (QED) is 0.359. The van der Waals surface area contributed by atoms with Crippen LogP contribution in [0.5, 0.6) is 0 Å². The van der Waals surface area contributed by atoms with Crippen molar-refractivity contribution in [3.8, 4) is 0 Å². The molecule has 40 heavy (non-hydrogen) atoms. The molecule has 2 fully saturated rings. The molecule has 6 atom stereocenters. The van der Waals surface area contributed by atoms with Crippen molar-refractivity contribution in [2.24, 2.45) is 0 Å². The van der Waals surface area contributed by atoms with Crippen LogP contribution in [0.1, 0.15) is 23.0 Å². The Labute approximate surface area is 234 Å². The Kier molecular flexibility index (Phi) is 8.41.